The fraction of sp³-hybridized carbons (Fsp3) is 0.100. The van der Waals surface area contributed by atoms with Gasteiger partial charge < -0.3 is 4.98 Å². The van der Waals surface area contributed by atoms with Crippen LogP contribution in [0.2, 0.25) is 0 Å². The summed E-state index contributed by atoms with van der Waals surface area (Å²) in [7, 11) is 0. The van der Waals surface area contributed by atoms with E-state index in [0.29, 0.717) is 9.86 Å². The smallest absolute Gasteiger partial charge is 0.203 e. The molecule has 0 atom stereocenters. The first-order valence-electron chi connectivity index (χ1n) is 4.07. The van der Waals surface area contributed by atoms with Crippen LogP contribution in [0.3, 0.4) is 0 Å². The van der Waals surface area contributed by atoms with E-state index in [1.54, 1.807) is 0 Å². The van der Waals surface area contributed by atoms with Gasteiger partial charge in [0.1, 0.15) is 0 Å². The molecule has 0 aliphatic carbocycles. The van der Waals surface area contributed by atoms with Crippen LogP contribution < -0.4 is 5.43 Å². The zero-order valence-electron chi connectivity index (χ0n) is 7.40. The Labute approximate surface area is 97.6 Å². The lowest BCUT2D eigenvalue weighted by Crippen LogP contribution is -2.06. The van der Waals surface area contributed by atoms with E-state index in [0.717, 1.165) is 15.7 Å². The van der Waals surface area contributed by atoms with Crippen LogP contribution in [0, 0.1) is 6.92 Å². The molecule has 1 N–H and O–H groups in total. The quantitative estimate of drug-likeness (QED) is 0.794. The average molecular weight is 317 g/mol. The molecule has 2 aromatic rings. The van der Waals surface area contributed by atoms with Gasteiger partial charge in [0.15, 0.2) is 0 Å². The molecule has 1 aromatic carbocycles. The first kappa shape index (κ1) is 9.93. The van der Waals surface area contributed by atoms with E-state index in [9.17, 15) is 4.79 Å². The van der Waals surface area contributed by atoms with Gasteiger partial charge in [-0.3, -0.25) is 4.79 Å². The molecule has 1 heterocycles. The van der Waals surface area contributed by atoms with Gasteiger partial charge in [-0.15, -0.1) is 0 Å². The SMILES string of the molecule is Cc1[nH]c2cc(Br)ccc2c(=O)c1Br. The highest BCUT2D eigenvalue weighted by molar-refractivity contribution is 9.10. The van der Waals surface area contributed by atoms with Gasteiger partial charge in [-0.1, -0.05) is 15.9 Å². The maximum absolute atomic E-state index is 11.8. The second-order valence-corrected chi connectivity index (χ2v) is 4.79. The Balaban J connectivity index is 2.98. The molecule has 0 spiro atoms. The van der Waals surface area contributed by atoms with Gasteiger partial charge in [0.25, 0.3) is 0 Å². The highest BCUT2D eigenvalue weighted by Gasteiger charge is 2.05. The first-order valence-corrected chi connectivity index (χ1v) is 5.66. The molecule has 0 bridgehead atoms. The zero-order chi connectivity index (χ0) is 10.3. The summed E-state index contributed by atoms with van der Waals surface area (Å²) in [5.41, 5.74) is 1.73. The Morgan fingerprint density at radius 1 is 1.29 bits per heavy atom. The molecular weight excluding hydrogens is 310 g/mol. The van der Waals surface area contributed by atoms with Gasteiger partial charge in [0, 0.05) is 15.6 Å². The van der Waals surface area contributed by atoms with Gasteiger partial charge in [0.05, 0.1) is 9.99 Å². The molecular formula is C10H7Br2NO. The third-order valence-electron chi connectivity index (χ3n) is 2.08. The zero-order valence-corrected chi connectivity index (χ0v) is 10.6. The number of nitrogens with one attached hydrogen (secondary N) is 1. The number of hydrogen-bond acceptors (Lipinski definition) is 1. The van der Waals surface area contributed by atoms with Crippen molar-refractivity contribution in [1.29, 1.82) is 0 Å². The van der Waals surface area contributed by atoms with Crippen LogP contribution in [0.1, 0.15) is 5.69 Å². The molecule has 0 saturated carbocycles. The second-order valence-electron chi connectivity index (χ2n) is 3.08. The van der Waals surface area contributed by atoms with Crippen LogP contribution in [0.25, 0.3) is 10.9 Å². The summed E-state index contributed by atoms with van der Waals surface area (Å²) in [4.78, 5) is 14.9. The topological polar surface area (TPSA) is 32.9 Å². The van der Waals surface area contributed by atoms with Crippen LogP contribution in [-0.2, 0) is 0 Å². The highest BCUT2D eigenvalue weighted by atomic mass is 79.9. The van der Waals surface area contributed by atoms with E-state index in [1.165, 1.54) is 0 Å². The van der Waals surface area contributed by atoms with Crippen molar-refractivity contribution in [3.63, 3.8) is 0 Å². The molecule has 0 aliphatic rings. The van der Waals surface area contributed by atoms with Crippen molar-refractivity contribution in [2.75, 3.05) is 0 Å². The van der Waals surface area contributed by atoms with E-state index in [-0.39, 0.29) is 5.43 Å². The number of fused-ring (bicyclic) bond motifs is 1. The number of pyridine rings is 1. The summed E-state index contributed by atoms with van der Waals surface area (Å²) in [6.07, 6.45) is 0. The molecule has 0 fully saturated rings. The maximum atomic E-state index is 11.8. The molecule has 0 saturated heterocycles. The lowest BCUT2D eigenvalue weighted by atomic mass is 10.2. The summed E-state index contributed by atoms with van der Waals surface area (Å²) >= 11 is 6.63. The standard InChI is InChI=1S/C10H7Br2NO/c1-5-9(12)10(14)7-3-2-6(11)4-8(7)13-5/h2-4H,1H3,(H,13,14). The Hall–Kier alpha value is -0.610. The van der Waals surface area contributed by atoms with Crippen molar-refractivity contribution in [3.8, 4) is 0 Å². The number of aromatic amines is 1. The Morgan fingerprint density at radius 2 is 2.00 bits per heavy atom. The van der Waals surface area contributed by atoms with Crippen LogP contribution in [0.15, 0.2) is 31.9 Å². The van der Waals surface area contributed by atoms with Crippen LogP contribution in [0.5, 0.6) is 0 Å². The van der Waals surface area contributed by atoms with Crippen molar-refractivity contribution in [3.05, 3.63) is 43.1 Å². The number of hydrogen-bond donors (Lipinski definition) is 1. The number of H-pyrrole nitrogens is 1. The predicted molar refractivity (Wildman–Crippen MR) is 64.7 cm³/mol. The number of aryl methyl sites for hydroxylation is 1. The Bertz CT molecular complexity index is 560. The predicted octanol–water partition coefficient (Wildman–Crippen LogP) is 3.36. The molecule has 2 nitrogen and oxygen atoms in total. The Morgan fingerprint density at radius 3 is 2.71 bits per heavy atom. The molecule has 4 heteroatoms. The van der Waals surface area contributed by atoms with Crippen molar-refractivity contribution in [2.24, 2.45) is 0 Å². The molecule has 72 valence electrons. The fourth-order valence-electron chi connectivity index (χ4n) is 1.36. The largest absolute Gasteiger partial charge is 0.357 e. The Kier molecular flexibility index (Phi) is 2.49. The van der Waals surface area contributed by atoms with Gasteiger partial charge in [-0.2, -0.15) is 0 Å². The summed E-state index contributed by atoms with van der Waals surface area (Å²) in [5, 5.41) is 0.700. The number of halogens is 2. The minimum Gasteiger partial charge on any atom is -0.357 e. The summed E-state index contributed by atoms with van der Waals surface area (Å²) in [5.74, 6) is 0. The van der Waals surface area contributed by atoms with Crippen LogP contribution >= 0.6 is 31.9 Å². The van der Waals surface area contributed by atoms with E-state index in [1.807, 2.05) is 25.1 Å². The highest BCUT2D eigenvalue weighted by Crippen LogP contribution is 2.19. The second kappa shape index (κ2) is 3.51. The van der Waals surface area contributed by atoms with Crippen molar-refractivity contribution in [1.82, 2.24) is 4.98 Å². The molecule has 0 unspecified atom stereocenters. The molecule has 1 aromatic heterocycles. The number of aromatic nitrogens is 1. The summed E-state index contributed by atoms with van der Waals surface area (Å²) in [6.45, 7) is 1.87. The van der Waals surface area contributed by atoms with Crippen LogP contribution in [-0.4, -0.2) is 4.98 Å². The molecule has 2 rings (SSSR count). The number of rotatable bonds is 0. The van der Waals surface area contributed by atoms with Gasteiger partial charge in [-0.05, 0) is 41.1 Å². The number of benzene rings is 1. The van der Waals surface area contributed by atoms with Crippen molar-refractivity contribution >= 4 is 42.8 Å². The molecule has 0 aliphatic heterocycles. The normalized spacial score (nSPS) is 10.8. The molecule has 14 heavy (non-hydrogen) atoms. The van der Waals surface area contributed by atoms with Gasteiger partial charge in [-0.25, -0.2) is 0 Å². The minimum atomic E-state index is 0.0312. The lowest BCUT2D eigenvalue weighted by molar-refractivity contribution is 1.21. The summed E-state index contributed by atoms with van der Waals surface area (Å²) < 4.78 is 1.56. The van der Waals surface area contributed by atoms with Gasteiger partial charge in [0.2, 0.25) is 5.43 Å². The van der Waals surface area contributed by atoms with E-state index < -0.39 is 0 Å². The van der Waals surface area contributed by atoms with Gasteiger partial charge >= 0.3 is 0 Å². The molecule has 0 radical (unpaired) electrons. The third-order valence-corrected chi connectivity index (χ3v) is 3.53. The van der Waals surface area contributed by atoms with E-state index >= 15 is 0 Å². The van der Waals surface area contributed by atoms with Crippen molar-refractivity contribution < 1.29 is 0 Å². The van der Waals surface area contributed by atoms with Crippen molar-refractivity contribution in [2.45, 2.75) is 6.92 Å². The van der Waals surface area contributed by atoms with E-state index in [2.05, 4.69) is 36.8 Å². The van der Waals surface area contributed by atoms with Crippen LogP contribution in [0.4, 0.5) is 0 Å². The van der Waals surface area contributed by atoms with E-state index in [4.69, 9.17) is 0 Å². The fourth-order valence-corrected chi connectivity index (χ4v) is 2.04. The lowest BCUT2D eigenvalue weighted by Gasteiger charge is -2.02. The monoisotopic (exact) mass is 315 g/mol. The maximum Gasteiger partial charge on any atom is 0.203 e. The first-order chi connectivity index (χ1) is 6.59. The average Bonchev–Trinajstić information content (AvgIpc) is 2.14. The third kappa shape index (κ3) is 1.53. The minimum absolute atomic E-state index is 0.0312. The molecule has 0 amide bonds. The summed E-state index contributed by atoms with van der Waals surface area (Å²) in [6, 6.07) is 5.57.